The number of carbonyl (C=O) groups is 2. The molecule has 2 aromatic carbocycles. The van der Waals surface area contributed by atoms with Gasteiger partial charge in [-0.3, -0.25) is 19.7 Å². The number of imide groups is 1. The lowest BCUT2D eigenvalue weighted by Crippen LogP contribution is -2.34. The maximum Gasteiger partial charge on any atom is 0.273 e. The van der Waals surface area contributed by atoms with Crippen molar-refractivity contribution in [3.05, 3.63) is 79.2 Å². The maximum absolute atomic E-state index is 12.6. The minimum atomic E-state index is -0.686. The predicted octanol–water partition coefficient (Wildman–Crippen LogP) is 4.40. The average Bonchev–Trinajstić information content (AvgIpc) is 2.88. The Bertz CT molecular complexity index is 990. The molecular formula is C17H9BrN2O4S2. The molecule has 9 heteroatoms. The molecule has 3 rings (SSSR count). The van der Waals surface area contributed by atoms with Gasteiger partial charge in [0.15, 0.2) is 4.32 Å². The number of carbonyl (C=O) groups excluding carboxylic acids is 2. The summed E-state index contributed by atoms with van der Waals surface area (Å²) in [5.41, 5.74) is 0.577. The highest BCUT2D eigenvalue weighted by molar-refractivity contribution is 9.10. The first-order valence-electron chi connectivity index (χ1n) is 7.19. The van der Waals surface area contributed by atoms with Gasteiger partial charge in [0.25, 0.3) is 17.5 Å². The number of thiocarbonyl (C=S) groups is 1. The normalized spacial score (nSPS) is 15.6. The van der Waals surface area contributed by atoms with Crippen LogP contribution in [0.2, 0.25) is 0 Å². The number of nitrogens with zero attached hydrogens (tertiary/aromatic N) is 2. The number of hydrogen-bond donors (Lipinski definition) is 0. The van der Waals surface area contributed by atoms with Gasteiger partial charge in [0.2, 0.25) is 0 Å². The van der Waals surface area contributed by atoms with Gasteiger partial charge in [-0.2, -0.15) is 0 Å². The van der Waals surface area contributed by atoms with Gasteiger partial charge in [-0.25, -0.2) is 4.90 Å². The number of halogens is 1. The van der Waals surface area contributed by atoms with Crippen LogP contribution in [0, 0.1) is 10.1 Å². The van der Waals surface area contributed by atoms with Crippen molar-refractivity contribution in [1.82, 2.24) is 4.90 Å². The Hall–Kier alpha value is -2.36. The Balaban J connectivity index is 1.91. The van der Waals surface area contributed by atoms with Crippen molar-refractivity contribution in [3.8, 4) is 0 Å². The van der Waals surface area contributed by atoms with Crippen molar-refractivity contribution in [2.75, 3.05) is 0 Å². The van der Waals surface area contributed by atoms with E-state index < -0.39 is 16.7 Å². The summed E-state index contributed by atoms with van der Waals surface area (Å²) >= 11 is 9.53. The molecule has 0 spiro atoms. The first kappa shape index (κ1) is 18.4. The molecular weight excluding hydrogens is 440 g/mol. The standard InChI is InChI=1S/C17H9BrN2O4S2/c18-12-5-1-3-10(7-12)8-14-16(22)19(17(25)26-14)15(21)11-4-2-6-13(9-11)20(23)24/h1-9H. The predicted molar refractivity (Wildman–Crippen MR) is 107 cm³/mol. The van der Waals surface area contributed by atoms with E-state index in [9.17, 15) is 19.7 Å². The molecule has 26 heavy (non-hydrogen) atoms. The quantitative estimate of drug-likeness (QED) is 0.227. The number of amides is 2. The highest BCUT2D eigenvalue weighted by Gasteiger charge is 2.37. The summed E-state index contributed by atoms with van der Waals surface area (Å²) in [4.78, 5) is 36.7. The average molecular weight is 449 g/mol. The molecule has 1 fully saturated rings. The largest absolute Gasteiger partial charge is 0.273 e. The van der Waals surface area contributed by atoms with E-state index in [0.717, 1.165) is 32.8 Å². The molecule has 1 aliphatic heterocycles. The first-order valence-corrected chi connectivity index (χ1v) is 9.21. The zero-order valence-electron chi connectivity index (χ0n) is 12.9. The molecule has 2 aromatic rings. The smallest absolute Gasteiger partial charge is 0.268 e. The van der Waals surface area contributed by atoms with Crippen LogP contribution in [0.1, 0.15) is 15.9 Å². The van der Waals surface area contributed by atoms with E-state index in [-0.39, 0.29) is 15.6 Å². The molecule has 1 saturated heterocycles. The van der Waals surface area contributed by atoms with Crippen LogP contribution in [-0.2, 0) is 4.79 Å². The van der Waals surface area contributed by atoms with Crippen LogP contribution in [0.4, 0.5) is 5.69 Å². The SMILES string of the molecule is O=C1C(=Cc2cccc(Br)c2)SC(=S)N1C(=O)c1cccc([N+](=O)[O-])c1. The third kappa shape index (κ3) is 3.74. The molecule has 0 saturated carbocycles. The Labute approximate surface area is 166 Å². The van der Waals surface area contributed by atoms with Gasteiger partial charge < -0.3 is 0 Å². The summed E-state index contributed by atoms with van der Waals surface area (Å²) in [5, 5.41) is 10.9. The van der Waals surface area contributed by atoms with Crippen LogP contribution in [0.3, 0.4) is 0 Å². The van der Waals surface area contributed by atoms with Crippen LogP contribution in [-0.4, -0.2) is 26.0 Å². The van der Waals surface area contributed by atoms with Gasteiger partial charge in [0.1, 0.15) is 0 Å². The highest BCUT2D eigenvalue weighted by Crippen LogP contribution is 2.34. The number of thioether (sulfide) groups is 1. The molecule has 0 radical (unpaired) electrons. The minimum absolute atomic E-state index is 0.0270. The lowest BCUT2D eigenvalue weighted by Gasteiger charge is -2.12. The second-order valence-electron chi connectivity index (χ2n) is 5.18. The van der Waals surface area contributed by atoms with Gasteiger partial charge in [-0.15, -0.1) is 0 Å². The topological polar surface area (TPSA) is 80.5 Å². The van der Waals surface area contributed by atoms with E-state index in [4.69, 9.17) is 12.2 Å². The van der Waals surface area contributed by atoms with Crippen LogP contribution < -0.4 is 0 Å². The molecule has 130 valence electrons. The summed E-state index contributed by atoms with van der Waals surface area (Å²) in [6.07, 6.45) is 1.64. The van der Waals surface area contributed by atoms with Gasteiger partial charge >= 0.3 is 0 Å². The van der Waals surface area contributed by atoms with Gasteiger partial charge in [-0.1, -0.05) is 58.1 Å². The molecule has 0 bridgehead atoms. The summed E-state index contributed by atoms with van der Waals surface area (Å²) < 4.78 is 0.946. The number of rotatable bonds is 3. The van der Waals surface area contributed by atoms with Crippen molar-refractivity contribution < 1.29 is 14.5 Å². The summed E-state index contributed by atoms with van der Waals surface area (Å²) in [6.45, 7) is 0. The van der Waals surface area contributed by atoms with Gasteiger partial charge in [-0.05, 0) is 29.8 Å². The van der Waals surface area contributed by atoms with Crippen LogP contribution in [0.25, 0.3) is 6.08 Å². The first-order chi connectivity index (χ1) is 12.4. The van der Waals surface area contributed by atoms with Crippen molar-refractivity contribution >= 4 is 67.8 Å². The number of hydrogen-bond acceptors (Lipinski definition) is 6. The Morgan fingerprint density at radius 1 is 1.23 bits per heavy atom. The zero-order valence-corrected chi connectivity index (χ0v) is 16.1. The molecule has 1 heterocycles. The minimum Gasteiger partial charge on any atom is -0.268 e. The summed E-state index contributed by atoms with van der Waals surface area (Å²) in [7, 11) is 0. The highest BCUT2D eigenvalue weighted by atomic mass is 79.9. The van der Waals surface area contributed by atoms with Crippen LogP contribution in [0.5, 0.6) is 0 Å². The molecule has 1 aliphatic rings. The molecule has 0 aliphatic carbocycles. The van der Waals surface area contributed by atoms with E-state index in [2.05, 4.69) is 15.9 Å². The van der Waals surface area contributed by atoms with Crippen LogP contribution >= 0.6 is 39.9 Å². The zero-order chi connectivity index (χ0) is 18.8. The van der Waals surface area contributed by atoms with Crippen molar-refractivity contribution in [2.45, 2.75) is 0 Å². The van der Waals surface area contributed by atoms with Crippen molar-refractivity contribution in [2.24, 2.45) is 0 Å². The number of non-ortho nitro benzene ring substituents is 1. The molecule has 0 N–H and O–H groups in total. The second kappa shape index (κ2) is 7.48. The molecule has 0 aromatic heterocycles. The Kier molecular flexibility index (Phi) is 5.30. The number of nitro benzene ring substituents is 1. The van der Waals surface area contributed by atoms with E-state index in [1.165, 1.54) is 18.2 Å². The number of nitro groups is 1. The van der Waals surface area contributed by atoms with E-state index in [0.29, 0.717) is 4.91 Å². The third-order valence-electron chi connectivity index (χ3n) is 3.45. The molecule has 0 unspecified atom stereocenters. The van der Waals surface area contributed by atoms with E-state index in [1.807, 2.05) is 24.3 Å². The molecule has 0 atom stereocenters. The van der Waals surface area contributed by atoms with Crippen molar-refractivity contribution in [3.63, 3.8) is 0 Å². The van der Waals surface area contributed by atoms with E-state index in [1.54, 1.807) is 6.08 Å². The Morgan fingerprint density at radius 2 is 1.96 bits per heavy atom. The maximum atomic E-state index is 12.6. The van der Waals surface area contributed by atoms with Crippen molar-refractivity contribution in [1.29, 1.82) is 0 Å². The summed E-state index contributed by atoms with van der Waals surface area (Å²) in [6, 6.07) is 12.5. The fourth-order valence-corrected chi connectivity index (χ4v) is 3.94. The van der Waals surface area contributed by atoms with Crippen LogP contribution in [0.15, 0.2) is 57.9 Å². The Morgan fingerprint density at radius 3 is 2.65 bits per heavy atom. The fourth-order valence-electron chi connectivity index (χ4n) is 2.27. The second-order valence-corrected chi connectivity index (χ2v) is 7.78. The number of benzene rings is 2. The lowest BCUT2D eigenvalue weighted by atomic mass is 10.1. The monoisotopic (exact) mass is 448 g/mol. The fraction of sp³-hybridized carbons (Fsp3) is 0. The summed E-state index contributed by atoms with van der Waals surface area (Å²) in [5.74, 6) is -1.23. The third-order valence-corrected chi connectivity index (χ3v) is 5.24. The molecule has 6 nitrogen and oxygen atoms in total. The lowest BCUT2D eigenvalue weighted by molar-refractivity contribution is -0.384. The van der Waals surface area contributed by atoms with E-state index >= 15 is 0 Å². The van der Waals surface area contributed by atoms with Gasteiger partial charge in [0, 0.05) is 22.2 Å². The molecule has 2 amide bonds. The van der Waals surface area contributed by atoms with Gasteiger partial charge in [0.05, 0.1) is 9.83 Å².